The maximum Gasteiger partial charge on any atom is 0.0558 e. The minimum Gasteiger partial charge on any atom is -0.395 e. The molecule has 0 bridgehead atoms. The number of nitrogens with two attached hydrogens (primary N) is 1. The summed E-state index contributed by atoms with van der Waals surface area (Å²) in [4.78, 5) is 2.05. The zero-order valence-electron chi connectivity index (χ0n) is 8.45. The van der Waals surface area contributed by atoms with Gasteiger partial charge >= 0.3 is 0 Å². The van der Waals surface area contributed by atoms with Gasteiger partial charge in [-0.3, -0.25) is 4.90 Å². The van der Waals surface area contributed by atoms with Crippen LogP contribution in [0, 0.1) is 0 Å². The third kappa shape index (κ3) is 5.21. The van der Waals surface area contributed by atoms with Crippen molar-refractivity contribution in [1.82, 2.24) is 4.90 Å². The molecule has 4 nitrogen and oxygen atoms in total. The molecule has 0 aromatic carbocycles. The van der Waals surface area contributed by atoms with Crippen LogP contribution >= 0.6 is 0 Å². The van der Waals surface area contributed by atoms with E-state index in [-0.39, 0.29) is 13.2 Å². The smallest absolute Gasteiger partial charge is 0.0558 e. The van der Waals surface area contributed by atoms with Gasteiger partial charge in [-0.25, -0.2) is 0 Å². The largest absolute Gasteiger partial charge is 0.395 e. The second-order valence-corrected chi connectivity index (χ2v) is 3.16. The number of hydrogen-bond donors (Lipinski definition) is 3. The van der Waals surface area contributed by atoms with Crippen LogP contribution < -0.4 is 5.73 Å². The van der Waals surface area contributed by atoms with Crippen molar-refractivity contribution in [3.8, 4) is 0 Å². The number of nitrogens with zero attached hydrogens (tertiary/aromatic N) is 1. The highest BCUT2D eigenvalue weighted by Gasteiger charge is 2.14. The van der Waals surface area contributed by atoms with Gasteiger partial charge in [-0.1, -0.05) is 13.3 Å². The number of rotatable bonds is 8. The molecule has 1 atom stereocenters. The molecule has 0 aromatic heterocycles. The minimum atomic E-state index is 0.125. The minimum absolute atomic E-state index is 0.125. The van der Waals surface area contributed by atoms with E-state index in [9.17, 15) is 0 Å². The van der Waals surface area contributed by atoms with Crippen molar-refractivity contribution in [2.24, 2.45) is 5.73 Å². The molecule has 1 unspecified atom stereocenters. The topological polar surface area (TPSA) is 69.7 Å². The van der Waals surface area contributed by atoms with Gasteiger partial charge in [0.05, 0.1) is 13.2 Å². The predicted molar refractivity (Wildman–Crippen MR) is 53.5 cm³/mol. The molecule has 0 aliphatic heterocycles. The maximum absolute atomic E-state index is 8.81. The summed E-state index contributed by atoms with van der Waals surface area (Å²) in [6.07, 6.45) is 2.10. The Hall–Kier alpha value is -0.160. The molecular formula is C9H22N2O2. The molecule has 0 saturated carbocycles. The lowest BCUT2D eigenvalue weighted by Crippen LogP contribution is -2.43. The van der Waals surface area contributed by atoms with Crippen LogP contribution in [-0.2, 0) is 0 Å². The third-order valence-electron chi connectivity index (χ3n) is 2.18. The summed E-state index contributed by atoms with van der Waals surface area (Å²) >= 11 is 0. The summed E-state index contributed by atoms with van der Waals surface area (Å²) in [6.45, 7) is 4.15. The lowest BCUT2D eigenvalue weighted by atomic mass is 10.1. The first-order chi connectivity index (χ1) is 6.29. The fourth-order valence-corrected chi connectivity index (χ4v) is 1.52. The lowest BCUT2D eigenvalue weighted by Gasteiger charge is -2.29. The molecule has 0 aliphatic rings. The van der Waals surface area contributed by atoms with Gasteiger partial charge in [0.25, 0.3) is 0 Å². The monoisotopic (exact) mass is 190 g/mol. The molecule has 4 heteroatoms. The molecule has 0 saturated heterocycles. The molecule has 4 N–H and O–H groups in total. The molecule has 80 valence electrons. The Morgan fingerprint density at radius 3 is 2.08 bits per heavy atom. The number of aliphatic hydroxyl groups excluding tert-OH is 2. The number of hydrogen-bond acceptors (Lipinski definition) is 4. The van der Waals surface area contributed by atoms with Gasteiger partial charge in [0.2, 0.25) is 0 Å². The van der Waals surface area contributed by atoms with Crippen LogP contribution in [-0.4, -0.2) is 54.0 Å². The standard InChI is InChI=1S/C9H22N2O2/c1-2-3-9(8-10)11(4-6-12)5-7-13/h9,12-13H,2-8,10H2,1H3. The molecule has 0 spiro atoms. The fraction of sp³-hybridized carbons (Fsp3) is 1.00. The molecule has 13 heavy (non-hydrogen) atoms. The highest BCUT2D eigenvalue weighted by molar-refractivity contribution is 4.71. The average Bonchev–Trinajstić information content (AvgIpc) is 2.14. The zero-order chi connectivity index (χ0) is 10.1. The highest BCUT2D eigenvalue weighted by atomic mass is 16.3. The Balaban J connectivity index is 3.94. The maximum atomic E-state index is 8.81. The van der Waals surface area contributed by atoms with Crippen molar-refractivity contribution < 1.29 is 10.2 Å². The Labute approximate surface area is 80.3 Å². The number of aliphatic hydroxyl groups is 2. The Bertz CT molecular complexity index is 106. The normalized spacial score (nSPS) is 13.6. The molecule has 0 aliphatic carbocycles. The third-order valence-corrected chi connectivity index (χ3v) is 2.18. The van der Waals surface area contributed by atoms with Gasteiger partial charge < -0.3 is 15.9 Å². The lowest BCUT2D eigenvalue weighted by molar-refractivity contribution is 0.119. The van der Waals surface area contributed by atoms with E-state index in [0.717, 1.165) is 12.8 Å². The van der Waals surface area contributed by atoms with Crippen LogP contribution in [0.5, 0.6) is 0 Å². The van der Waals surface area contributed by atoms with E-state index in [0.29, 0.717) is 25.7 Å². The van der Waals surface area contributed by atoms with Crippen molar-refractivity contribution in [2.75, 3.05) is 32.8 Å². The van der Waals surface area contributed by atoms with Gasteiger partial charge in [-0.15, -0.1) is 0 Å². The molecule has 0 radical (unpaired) electrons. The molecular weight excluding hydrogens is 168 g/mol. The quantitative estimate of drug-likeness (QED) is 0.478. The Morgan fingerprint density at radius 1 is 1.23 bits per heavy atom. The second-order valence-electron chi connectivity index (χ2n) is 3.16. The second kappa shape index (κ2) is 8.44. The summed E-state index contributed by atoms with van der Waals surface area (Å²) in [6, 6.07) is 0.296. The van der Waals surface area contributed by atoms with Crippen LogP contribution in [0.4, 0.5) is 0 Å². The van der Waals surface area contributed by atoms with E-state index in [4.69, 9.17) is 15.9 Å². The van der Waals surface area contributed by atoms with E-state index < -0.39 is 0 Å². The van der Waals surface area contributed by atoms with Crippen molar-refractivity contribution in [3.05, 3.63) is 0 Å². The summed E-state index contributed by atoms with van der Waals surface area (Å²) in [5.74, 6) is 0. The van der Waals surface area contributed by atoms with Gasteiger partial charge in [-0.05, 0) is 6.42 Å². The zero-order valence-corrected chi connectivity index (χ0v) is 8.45. The molecule has 0 rings (SSSR count). The molecule has 0 aromatic rings. The Morgan fingerprint density at radius 2 is 1.77 bits per heavy atom. The fourth-order valence-electron chi connectivity index (χ4n) is 1.52. The van der Waals surface area contributed by atoms with Crippen molar-refractivity contribution in [1.29, 1.82) is 0 Å². The van der Waals surface area contributed by atoms with Crippen molar-refractivity contribution in [3.63, 3.8) is 0 Å². The highest BCUT2D eigenvalue weighted by Crippen LogP contribution is 2.04. The van der Waals surface area contributed by atoms with E-state index in [1.54, 1.807) is 0 Å². The molecule has 0 fully saturated rings. The SMILES string of the molecule is CCCC(CN)N(CCO)CCO. The van der Waals surface area contributed by atoms with Crippen molar-refractivity contribution >= 4 is 0 Å². The van der Waals surface area contributed by atoms with E-state index in [1.807, 2.05) is 4.90 Å². The first kappa shape index (κ1) is 12.8. The van der Waals surface area contributed by atoms with Crippen LogP contribution in [0.25, 0.3) is 0 Å². The first-order valence-corrected chi connectivity index (χ1v) is 4.95. The van der Waals surface area contributed by atoms with E-state index in [2.05, 4.69) is 6.92 Å². The van der Waals surface area contributed by atoms with Gasteiger partial charge in [-0.2, -0.15) is 0 Å². The van der Waals surface area contributed by atoms with Crippen LogP contribution in [0.3, 0.4) is 0 Å². The summed E-state index contributed by atoms with van der Waals surface area (Å²) in [7, 11) is 0. The summed E-state index contributed by atoms with van der Waals surface area (Å²) in [5, 5.41) is 17.6. The van der Waals surface area contributed by atoms with Crippen LogP contribution in [0.1, 0.15) is 19.8 Å². The van der Waals surface area contributed by atoms with Gasteiger partial charge in [0, 0.05) is 25.7 Å². The molecule has 0 heterocycles. The van der Waals surface area contributed by atoms with Crippen molar-refractivity contribution in [2.45, 2.75) is 25.8 Å². The van der Waals surface area contributed by atoms with E-state index in [1.165, 1.54) is 0 Å². The van der Waals surface area contributed by atoms with Gasteiger partial charge in [0.15, 0.2) is 0 Å². The average molecular weight is 190 g/mol. The molecule has 0 amide bonds. The summed E-state index contributed by atoms with van der Waals surface area (Å²) in [5.41, 5.74) is 5.62. The first-order valence-electron chi connectivity index (χ1n) is 4.95. The van der Waals surface area contributed by atoms with Gasteiger partial charge in [0.1, 0.15) is 0 Å². The predicted octanol–water partition coefficient (Wildman–Crippen LogP) is -0.600. The van der Waals surface area contributed by atoms with Crippen LogP contribution in [0.2, 0.25) is 0 Å². The van der Waals surface area contributed by atoms with Crippen LogP contribution in [0.15, 0.2) is 0 Å². The van der Waals surface area contributed by atoms with E-state index >= 15 is 0 Å². The summed E-state index contributed by atoms with van der Waals surface area (Å²) < 4.78 is 0. The Kier molecular flexibility index (Phi) is 8.33.